The maximum Gasteiger partial charge on any atom is 0.231 e. The first kappa shape index (κ1) is 12.0. The number of nitrogens with one attached hydrogen (secondary N) is 1. The zero-order chi connectivity index (χ0) is 12.3. The second-order valence-electron chi connectivity index (χ2n) is 5.11. The molecule has 3 N–H and O–H groups in total. The lowest BCUT2D eigenvalue weighted by atomic mass is 9.90. The van der Waals surface area contributed by atoms with Crippen molar-refractivity contribution in [3.8, 4) is 11.5 Å². The summed E-state index contributed by atoms with van der Waals surface area (Å²) in [6.07, 6.45) is 1.04. The SMILES string of the molecule is CC(C)(CN)CCNc1ccc2c(c1)OCO2. The Labute approximate surface area is 102 Å². The van der Waals surface area contributed by atoms with Crippen molar-refractivity contribution in [2.75, 3.05) is 25.2 Å². The Hall–Kier alpha value is -1.42. The molecule has 2 rings (SSSR count). The molecule has 4 nitrogen and oxygen atoms in total. The van der Waals surface area contributed by atoms with Crippen LogP contribution in [0.3, 0.4) is 0 Å². The number of hydrogen-bond acceptors (Lipinski definition) is 4. The minimum Gasteiger partial charge on any atom is -0.454 e. The van der Waals surface area contributed by atoms with Gasteiger partial charge in [0.2, 0.25) is 6.79 Å². The van der Waals surface area contributed by atoms with Gasteiger partial charge in [-0.1, -0.05) is 13.8 Å². The molecule has 17 heavy (non-hydrogen) atoms. The quantitative estimate of drug-likeness (QED) is 0.823. The van der Waals surface area contributed by atoms with E-state index in [1.165, 1.54) is 0 Å². The van der Waals surface area contributed by atoms with E-state index in [1.54, 1.807) is 0 Å². The van der Waals surface area contributed by atoms with Gasteiger partial charge in [-0.05, 0) is 30.5 Å². The molecule has 0 aliphatic carbocycles. The molecule has 0 aromatic heterocycles. The maximum absolute atomic E-state index is 5.70. The Kier molecular flexibility index (Phi) is 3.43. The van der Waals surface area contributed by atoms with Gasteiger partial charge < -0.3 is 20.5 Å². The molecule has 1 heterocycles. The van der Waals surface area contributed by atoms with Crippen LogP contribution in [0.2, 0.25) is 0 Å². The standard InChI is InChI=1S/C13H20N2O2/c1-13(2,8-14)5-6-15-10-3-4-11-12(7-10)17-9-16-11/h3-4,7,15H,5-6,8-9,14H2,1-2H3. The Bertz CT molecular complexity index is 391. The van der Waals surface area contributed by atoms with Crippen LogP contribution in [0.15, 0.2) is 18.2 Å². The van der Waals surface area contributed by atoms with Gasteiger partial charge in [0.25, 0.3) is 0 Å². The Balaban J connectivity index is 1.88. The summed E-state index contributed by atoms with van der Waals surface area (Å²) < 4.78 is 10.6. The summed E-state index contributed by atoms with van der Waals surface area (Å²) in [6.45, 7) is 6.28. The molecule has 0 spiro atoms. The first-order valence-electron chi connectivity index (χ1n) is 5.94. The minimum absolute atomic E-state index is 0.184. The van der Waals surface area contributed by atoms with Crippen molar-refractivity contribution in [3.63, 3.8) is 0 Å². The number of ether oxygens (including phenoxy) is 2. The highest BCUT2D eigenvalue weighted by Crippen LogP contribution is 2.34. The van der Waals surface area contributed by atoms with Crippen LogP contribution in [0.5, 0.6) is 11.5 Å². The number of benzene rings is 1. The molecule has 0 amide bonds. The predicted octanol–water partition coefficient (Wildman–Crippen LogP) is 2.20. The van der Waals surface area contributed by atoms with Gasteiger partial charge in [-0.2, -0.15) is 0 Å². The summed E-state index contributed by atoms with van der Waals surface area (Å²) in [5, 5.41) is 3.37. The van der Waals surface area contributed by atoms with Gasteiger partial charge in [-0.3, -0.25) is 0 Å². The third-order valence-electron chi connectivity index (χ3n) is 3.06. The second kappa shape index (κ2) is 4.84. The van der Waals surface area contributed by atoms with Crippen molar-refractivity contribution in [2.24, 2.45) is 11.1 Å². The van der Waals surface area contributed by atoms with Gasteiger partial charge >= 0.3 is 0 Å². The largest absolute Gasteiger partial charge is 0.454 e. The van der Waals surface area contributed by atoms with Crippen LogP contribution < -0.4 is 20.5 Å². The molecule has 0 saturated carbocycles. The van der Waals surface area contributed by atoms with Crippen LogP contribution >= 0.6 is 0 Å². The normalized spacial score (nSPS) is 13.8. The van der Waals surface area contributed by atoms with Crippen molar-refractivity contribution in [1.82, 2.24) is 0 Å². The van der Waals surface area contributed by atoms with E-state index in [2.05, 4.69) is 19.2 Å². The second-order valence-corrected chi connectivity index (χ2v) is 5.11. The van der Waals surface area contributed by atoms with Gasteiger partial charge in [0.15, 0.2) is 11.5 Å². The van der Waals surface area contributed by atoms with Crippen molar-refractivity contribution >= 4 is 5.69 Å². The number of fused-ring (bicyclic) bond motifs is 1. The molecule has 1 aromatic carbocycles. The first-order chi connectivity index (χ1) is 8.11. The van der Waals surface area contributed by atoms with Gasteiger partial charge in [0.05, 0.1) is 0 Å². The van der Waals surface area contributed by atoms with E-state index in [0.717, 1.165) is 30.2 Å². The van der Waals surface area contributed by atoms with Gasteiger partial charge in [-0.25, -0.2) is 0 Å². The van der Waals surface area contributed by atoms with Crippen LogP contribution in [0.25, 0.3) is 0 Å². The average molecular weight is 236 g/mol. The molecule has 0 atom stereocenters. The molecule has 94 valence electrons. The van der Waals surface area contributed by atoms with Crippen molar-refractivity contribution in [2.45, 2.75) is 20.3 Å². The van der Waals surface area contributed by atoms with Crippen LogP contribution in [-0.4, -0.2) is 19.9 Å². The van der Waals surface area contributed by atoms with Crippen LogP contribution in [0, 0.1) is 5.41 Å². The summed E-state index contributed by atoms with van der Waals surface area (Å²) in [5.41, 5.74) is 6.94. The lowest BCUT2D eigenvalue weighted by Gasteiger charge is -2.22. The van der Waals surface area contributed by atoms with Gasteiger partial charge in [0, 0.05) is 18.3 Å². The van der Waals surface area contributed by atoms with Crippen molar-refractivity contribution < 1.29 is 9.47 Å². The lowest BCUT2D eigenvalue weighted by Crippen LogP contribution is -2.26. The van der Waals surface area contributed by atoms with E-state index in [1.807, 2.05) is 18.2 Å². The molecular weight excluding hydrogens is 216 g/mol. The fourth-order valence-corrected chi connectivity index (χ4v) is 1.65. The topological polar surface area (TPSA) is 56.5 Å². The van der Waals surface area contributed by atoms with Gasteiger partial charge in [0.1, 0.15) is 0 Å². The Morgan fingerprint density at radius 2 is 2.06 bits per heavy atom. The molecule has 0 bridgehead atoms. The highest BCUT2D eigenvalue weighted by atomic mass is 16.7. The fraction of sp³-hybridized carbons (Fsp3) is 0.538. The minimum atomic E-state index is 0.184. The highest BCUT2D eigenvalue weighted by molar-refractivity contribution is 5.55. The molecule has 0 unspecified atom stereocenters. The van der Waals surface area contributed by atoms with Crippen molar-refractivity contribution in [3.05, 3.63) is 18.2 Å². The van der Waals surface area contributed by atoms with Crippen LogP contribution in [0.4, 0.5) is 5.69 Å². The molecule has 1 aliphatic heterocycles. The number of nitrogens with two attached hydrogens (primary N) is 1. The van der Waals surface area contributed by atoms with E-state index in [0.29, 0.717) is 13.3 Å². The van der Waals surface area contributed by atoms with Gasteiger partial charge in [-0.15, -0.1) is 0 Å². The van der Waals surface area contributed by atoms with Crippen LogP contribution in [-0.2, 0) is 0 Å². The lowest BCUT2D eigenvalue weighted by molar-refractivity contribution is 0.174. The molecular formula is C13H20N2O2. The number of hydrogen-bond donors (Lipinski definition) is 2. The molecule has 1 aliphatic rings. The summed E-state index contributed by atoms with van der Waals surface area (Å²) in [4.78, 5) is 0. The number of rotatable bonds is 5. The molecule has 4 heteroatoms. The zero-order valence-corrected chi connectivity index (χ0v) is 10.5. The van der Waals surface area contributed by atoms with Crippen LogP contribution in [0.1, 0.15) is 20.3 Å². The fourth-order valence-electron chi connectivity index (χ4n) is 1.65. The Morgan fingerprint density at radius 3 is 2.82 bits per heavy atom. The monoisotopic (exact) mass is 236 g/mol. The zero-order valence-electron chi connectivity index (χ0n) is 10.5. The summed E-state index contributed by atoms with van der Waals surface area (Å²) in [7, 11) is 0. The summed E-state index contributed by atoms with van der Waals surface area (Å²) >= 11 is 0. The highest BCUT2D eigenvalue weighted by Gasteiger charge is 2.16. The van der Waals surface area contributed by atoms with E-state index >= 15 is 0 Å². The Morgan fingerprint density at radius 1 is 1.29 bits per heavy atom. The smallest absolute Gasteiger partial charge is 0.231 e. The van der Waals surface area contributed by atoms with E-state index in [-0.39, 0.29) is 5.41 Å². The van der Waals surface area contributed by atoms with E-state index in [9.17, 15) is 0 Å². The molecule has 1 aromatic rings. The molecule has 0 fully saturated rings. The summed E-state index contributed by atoms with van der Waals surface area (Å²) in [5.74, 6) is 1.63. The average Bonchev–Trinajstić information content (AvgIpc) is 2.76. The van der Waals surface area contributed by atoms with E-state index in [4.69, 9.17) is 15.2 Å². The van der Waals surface area contributed by atoms with Crippen molar-refractivity contribution in [1.29, 1.82) is 0 Å². The number of anilines is 1. The molecule has 0 saturated heterocycles. The molecule has 0 radical (unpaired) electrons. The maximum atomic E-state index is 5.70. The predicted molar refractivity (Wildman–Crippen MR) is 68.5 cm³/mol. The first-order valence-corrected chi connectivity index (χ1v) is 5.94. The third kappa shape index (κ3) is 3.03. The summed E-state index contributed by atoms with van der Waals surface area (Å²) in [6, 6.07) is 5.90. The third-order valence-corrected chi connectivity index (χ3v) is 3.06. The van der Waals surface area contributed by atoms with E-state index < -0.39 is 0 Å².